The number of rotatable bonds is 3. The molecule has 1 aliphatic heterocycles. The lowest BCUT2D eigenvalue weighted by molar-refractivity contribution is 0.0141. The Hall–Kier alpha value is 0.137. The third-order valence-corrected chi connectivity index (χ3v) is 4.00. The van der Waals surface area contributed by atoms with Gasteiger partial charge in [0, 0.05) is 13.7 Å². The molecule has 11 heavy (non-hydrogen) atoms. The standard InChI is InChI=1S/C8H18O2Si/c1-3-7-5-4-6-10-8(7)11-9-2/h7-8H,3-6,11H2,1-2H3. The molecule has 0 amide bonds. The Morgan fingerprint density at radius 2 is 2.45 bits per heavy atom. The van der Waals surface area contributed by atoms with Crippen molar-refractivity contribution >= 4 is 9.76 Å². The first-order valence-electron chi connectivity index (χ1n) is 4.49. The van der Waals surface area contributed by atoms with Crippen LogP contribution >= 0.6 is 0 Å². The van der Waals surface area contributed by atoms with Gasteiger partial charge in [0.25, 0.3) is 0 Å². The number of hydrogen-bond acceptors (Lipinski definition) is 2. The van der Waals surface area contributed by atoms with E-state index < -0.39 is 9.76 Å². The monoisotopic (exact) mass is 174 g/mol. The highest BCUT2D eigenvalue weighted by molar-refractivity contribution is 6.29. The molecule has 66 valence electrons. The van der Waals surface area contributed by atoms with Crippen LogP contribution in [0.4, 0.5) is 0 Å². The highest BCUT2D eigenvalue weighted by Crippen LogP contribution is 2.22. The topological polar surface area (TPSA) is 18.5 Å². The van der Waals surface area contributed by atoms with Gasteiger partial charge in [0.1, 0.15) is 0 Å². The molecule has 2 atom stereocenters. The zero-order chi connectivity index (χ0) is 8.10. The van der Waals surface area contributed by atoms with E-state index in [1.165, 1.54) is 19.3 Å². The Bertz CT molecular complexity index is 106. The molecule has 0 bridgehead atoms. The van der Waals surface area contributed by atoms with Crippen LogP contribution in [0.15, 0.2) is 0 Å². The maximum Gasteiger partial charge on any atom is 0.190 e. The van der Waals surface area contributed by atoms with Crippen molar-refractivity contribution in [1.29, 1.82) is 0 Å². The second-order valence-electron chi connectivity index (χ2n) is 3.18. The van der Waals surface area contributed by atoms with Gasteiger partial charge in [0.15, 0.2) is 9.76 Å². The molecule has 1 fully saturated rings. The highest BCUT2D eigenvalue weighted by atomic mass is 28.2. The average molecular weight is 174 g/mol. The van der Waals surface area contributed by atoms with Crippen LogP contribution in [0, 0.1) is 5.92 Å². The van der Waals surface area contributed by atoms with E-state index in [-0.39, 0.29) is 0 Å². The summed E-state index contributed by atoms with van der Waals surface area (Å²) in [7, 11) is 1.40. The predicted molar refractivity (Wildman–Crippen MR) is 48.3 cm³/mol. The van der Waals surface area contributed by atoms with E-state index in [0.29, 0.717) is 5.73 Å². The summed E-state index contributed by atoms with van der Waals surface area (Å²) in [6.45, 7) is 3.20. The van der Waals surface area contributed by atoms with Gasteiger partial charge in [-0.3, -0.25) is 0 Å². The lowest BCUT2D eigenvalue weighted by Crippen LogP contribution is -2.35. The Morgan fingerprint density at radius 1 is 1.64 bits per heavy atom. The number of hydrogen-bond donors (Lipinski definition) is 0. The lowest BCUT2D eigenvalue weighted by Gasteiger charge is -2.30. The molecule has 2 unspecified atom stereocenters. The molecule has 0 N–H and O–H groups in total. The molecule has 0 spiro atoms. The molecule has 1 rings (SSSR count). The molecule has 0 saturated carbocycles. The number of ether oxygens (including phenoxy) is 1. The molecule has 1 heterocycles. The molecule has 0 radical (unpaired) electrons. The first-order valence-corrected chi connectivity index (χ1v) is 5.88. The molecular formula is C8H18O2Si. The van der Waals surface area contributed by atoms with Crippen molar-refractivity contribution in [1.82, 2.24) is 0 Å². The molecule has 0 aliphatic carbocycles. The zero-order valence-electron chi connectivity index (χ0n) is 7.51. The van der Waals surface area contributed by atoms with Crippen LogP contribution in [0.3, 0.4) is 0 Å². The van der Waals surface area contributed by atoms with Crippen LogP contribution < -0.4 is 0 Å². The molecule has 3 heteroatoms. The van der Waals surface area contributed by atoms with Crippen LogP contribution in [-0.4, -0.2) is 29.2 Å². The van der Waals surface area contributed by atoms with Crippen molar-refractivity contribution < 1.29 is 9.16 Å². The van der Waals surface area contributed by atoms with Crippen LogP contribution in [0.1, 0.15) is 26.2 Å². The highest BCUT2D eigenvalue weighted by Gasteiger charge is 2.24. The summed E-state index contributed by atoms with van der Waals surface area (Å²) in [5.74, 6) is 0.787. The summed E-state index contributed by atoms with van der Waals surface area (Å²) in [4.78, 5) is 0. The summed E-state index contributed by atoms with van der Waals surface area (Å²) in [5, 5.41) is 0. The van der Waals surface area contributed by atoms with Gasteiger partial charge in [0.2, 0.25) is 0 Å². The van der Waals surface area contributed by atoms with Gasteiger partial charge in [0.05, 0.1) is 5.73 Å². The van der Waals surface area contributed by atoms with Gasteiger partial charge < -0.3 is 9.16 Å². The van der Waals surface area contributed by atoms with Crippen molar-refractivity contribution in [2.75, 3.05) is 13.7 Å². The first-order chi connectivity index (χ1) is 5.38. The molecule has 1 saturated heterocycles. The molecule has 0 aromatic carbocycles. The quantitative estimate of drug-likeness (QED) is 0.591. The lowest BCUT2D eigenvalue weighted by atomic mass is 9.99. The Morgan fingerprint density at radius 3 is 3.09 bits per heavy atom. The normalized spacial score (nSPS) is 33.3. The van der Waals surface area contributed by atoms with Crippen LogP contribution in [-0.2, 0) is 9.16 Å². The van der Waals surface area contributed by atoms with Crippen molar-refractivity contribution in [3.05, 3.63) is 0 Å². The molecule has 0 aromatic heterocycles. The largest absolute Gasteiger partial charge is 0.424 e. The van der Waals surface area contributed by atoms with Crippen LogP contribution in [0.25, 0.3) is 0 Å². The molecule has 0 aromatic rings. The summed E-state index contributed by atoms with van der Waals surface area (Å²) in [5.41, 5.74) is 0.499. The van der Waals surface area contributed by atoms with Gasteiger partial charge in [-0.25, -0.2) is 0 Å². The minimum Gasteiger partial charge on any atom is -0.424 e. The Kier molecular flexibility index (Phi) is 4.11. The summed E-state index contributed by atoms with van der Waals surface area (Å²) < 4.78 is 10.9. The molecule has 1 aliphatic rings. The second-order valence-corrected chi connectivity index (χ2v) is 4.89. The van der Waals surface area contributed by atoms with Crippen LogP contribution in [0.5, 0.6) is 0 Å². The summed E-state index contributed by atoms with van der Waals surface area (Å²) in [6, 6.07) is 0. The van der Waals surface area contributed by atoms with Crippen molar-refractivity contribution in [2.24, 2.45) is 5.92 Å². The van der Waals surface area contributed by atoms with Gasteiger partial charge >= 0.3 is 0 Å². The second kappa shape index (κ2) is 4.90. The van der Waals surface area contributed by atoms with Gasteiger partial charge in [-0.2, -0.15) is 0 Å². The molecule has 2 nitrogen and oxygen atoms in total. The van der Waals surface area contributed by atoms with E-state index in [9.17, 15) is 0 Å². The average Bonchev–Trinajstić information content (AvgIpc) is 2.06. The molecular weight excluding hydrogens is 156 g/mol. The van der Waals surface area contributed by atoms with Gasteiger partial charge in [-0.15, -0.1) is 0 Å². The summed E-state index contributed by atoms with van der Waals surface area (Å²) in [6.07, 6.45) is 3.84. The predicted octanol–water partition coefficient (Wildman–Crippen LogP) is 0.879. The van der Waals surface area contributed by atoms with E-state index in [2.05, 4.69) is 6.92 Å². The van der Waals surface area contributed by atoms with Crippen LogP contribution in [0.2, 0.25) is 0 Å². The minimum absolute atomic E-state index is 0.405. The fourth-order valence-electron chi connectivity index (χ4n) is 1.72. The fourth-order valence-corrected chi connectivity index (χ4v) is 3.15. The summed E-state index contributed by atoms with van der Waals surface area (Å²) >= 11 is 0. The van der Waals surface area contributed by atoms with Crippen molar-refractivity contribution in [3.63, 3.8) is 0 Å². The fraction of sp³-hybridized carbons (Fsp3) is 1.00. The third-order valence-electron chi connectivity index (χ3n) is 2.43. The maximum atomic E-state index is 5.66. The SMILES string of the molecule is CCC1CCCOC1[SiH2]OC. The van der Waals surface area contributed by atoms with Crippen molar-refractivity contribution in [2.45, 2.75) is 31.9 Å². The third kappa shape index (κ3) is 2.58. The van der Waals surface area contributed by atoms with E-state index in [0.717, 1.165) is 12.5 Å². The smallest absolute Gasteiger partial charge is 0.190 e. The van der Waals surface area contributed by atoms with E-state index in [1.54, 1.807) is 7.11 Å². The Labute approximate surface area is 71.2 Å². The first kappa shape index (κ1) is 9.23. The van der Waals surface area contributed by atoms with Crippen molar-refractivity contribution in [3.8, 4) is 0 Å². The minimum atomic E-state index is -0.405. The zero-order valence-corrected chi connectivity index (χ0v) is 8.92. The maximum absolute atomic E-state index is 5.66. The van der Waals surface area contributed by atoms with Gasteiger partial charge in [-0.1, -0.05) is 13.3 Å². The van der Waals surface area contributed by atoms with E-state index in [4.69, 9.17) is 9.16 Å². The van der Waals surface area contributed by atoms with E-state index >= 15 is 0 Å². The Balaban J connectivity index is 2.31. The van der Waals surface area contributed by atoms with Gasteiger partial charge in [-0.05, 0) is 18.8 Å². The van der Waals surface area contributed by atoms with E-state index in [1.807, 2.05) is 0 Å².